The minimum Gasteiger partial charge on any atom is -0.494 e. The Morgan fingerprint density at radius 1 is 0.949 bits per heavy atom. The number of rotatable bonds is 12. The number of ether oxygens (including phenoxy) is 1. The van der Waals surface area contributed by atoms with Crippen molar-refractivity contribution in [2.24, 2.45) is 0 Å². The van der Waals surface area contributed by atoms with E-state index in [0.717, 1.165) is 33.5 Å². The number of sulfonamides is 1. The summed E-state index contributed by atoms with van der Waals surface area (Å²) in [5.41, 5.74) is 0.309. The van der Waals surface area contributed by atoms with E-state index >= 15 is 0 Å². The first-order chi connectivity index (χ1) is 18.6. The molecule has 0 heterocycles. The van der Waals surface area contributed by atoms with Crippen LogP contribution in [-0.2, 0) is 26.2 Å². The van der Waals surface area contributed by atoms with E-state index in [1.807, 2.05) is 0 Å². The molecule has 39 heavy (non-hydrogen) atoms. The van der Waals surface area contributed by atoms with Crippen molar-refractivity contribution >= 4 is 27.5 Å². The Morgan fingerprint density at radius 2 is 1.59 bits per heavy atom. The molecule has 208 valence electrons. The highest BCUT2D eigenvalue weighted by Gasteiger charge is 2.32. The number of hydrogen-bond acceptors (Lipinski definition) is 5. The number of nitrogens with zero attached hydrogens (tertiary/aromatic N) is 2. The van der Waals surface area contributed by atoms with E-state index < -0.39 is 46.1 Å². The maximum atomic E-state index is 14.5. The highest BCUT2D eigenvalue weighted by molar-refractivity contribution is 7.92. The quantitative estimate of drug-likeness (QED) is 0.360. The number of likely N-dealkylation sites (N-methyl/N-ethyl adjacent to an activating group) is 1. The van der Waals surface area contributed by atoms with Crippen molar-refractivity contribution in [3.63, 3.8) is 0 Å². The van der Waals surface area contributed by atoms with Crippen LogP contribution in [0.1, 0.15) is 26.3 Å². The second-order valence-electron chi connectivity index (χ2n) is 8.58. The van der Waals surface area contributed by atoms with Crippen molar-refractivity contribution in [3.8, 4) is 5.75 Å². The van der Waals surface area contributed by atoms with Gasteiger partial charge in [-0.2, -0.15) is 0 Å². The summed E-state index contributed by atoms with van der Waals surface area (Å²) < 4.78 is 61.8. The zero-order valence-electron chi connectivity index (χ0n) is 21.9. The zero-order chi connectivity index (χ0) is 28.6. The van der Waals surface area contributed by atoms with Crippen molar-refractivity contribution in [1.82, 2.24) is 10.2 Å². The molecule has 0 saturated heterocycles. The van der Waals surface area contributed by atoms with Gasteiger partial charge >= 0.3 is 0 Å². The standard InChI is InChI=1S/C28H31F2N3O5S/c1-4-31-28(35)20(3)32(18-21-8-6-7-9-26(21)30)27(34)19-33(23-12-14-24(15-13-23)38-5-2)39(36,37)25-16-10-22(29)11-17-25/h6-17,20H,4-5,18-19H2,1-3H3,(H,31,35). The van der Waals surface area contributed by atoms with Gasteiger partial charge in [0.15, 0.2) is 0 Å². The summed E-state index contributed by atoms with van der Waals surface area (Å²) in [7, 11) is -4.36. The van der Waals surface area contributed by atoms with Gasteiger partial charge in [0.05, 0.1) is 17.2 Å². The fraction of sp³-hybridized carbons (Fsp3) is 0.286. The zero-order valence-corrected chi connectivity index (χ0v) is 22.8. The summed E-state index contributed by atoms with van der Waals surface area (Å²) in [4.78, 5) is 27.3. The van der Waals surface area contributed by atoms with Gasteiger partial charge < -0.3 is 15.0 Å². The number of amides is 2. The number of carbonyl (C=O) groups is 2. The van der Waals surface area contributed by atoms with E-state index in [-0.39, 0.29) is 22.7 Å². The maximum Gasteiger partial charge on any atom is 0.264 e. The number of anilines is 1. The highest BCUT2D eigenvalue weighted by atomic mass is 32.2. The lowest BCUT2D eigenvalue weighted by molar-refractivity contribution is -0.139. The van der Waals surface area contributed by atoms with Crippen LogP contribution in [0, 0.1) is 11.6 Å². The molecule has 1 unspecified atom stereocenters. The number of hydrogen-bond donors (Lipinski definition) is 1. The molecule has 0 aromatic heterocycles. The summed E-state index contributed by atoms with van der Waals surface area (Å²) in [5, 5.41) is 2.64. The molecule has 1 N–H and O–H groups in total. The Morgan fingerprint density at radius 3 is 2.18 bits per heavy atom. The van der Waals surface area contributed by atoms with E-state index in [9.17, 15) is 26.8 Å². The van der Waals surface area contributed by atoms with E-state index in [1.165, 1.54) is 37.3 Å². The Balaban J connectivity index is 2.04. The molecule has 0 bridgehead atoms. The summed E-state index contributed by atoms with van der Waals surface area (Å²) in [6.45, 7) is 4.75. The van der Waals surface area contributed by atoms with Crippen LogP contribution in [0.25, 0.3) is 0 Å². The third-order valence-corrected chi connectivity index (χ3v) is 7.72. The molecule has 3 rings (SSSR count). The minimum absolute atomic E-state index is 0.146. The van der Waals surface area contributed by atoms with E-state index in [0.29, 0.717) is 18.9 Å². The normalized spacial score (nSPS) is 11.9. The molecule has 3 aromatic carbocycles. The molecule has 0 saturated carbocycles. The van der Waals surface area contributed by atoms with Crippen LogP contribution in [0.2, 0.25) is 0 Å². The fourth-order valence-electron chi connectivity index (χ4n) is 3.85. The lowest BCUT2D eigenvalue weighted by Gasteiger charge is -2.32. The average Bonchev–Trinajstić information content (AvgIpc) is 2.92. The predicted octanol–water partition coefficient (Wildman–Crippen LogP) is 4.11. The van der Waals surface area contributed by atoms with Crippen molar-refractivity contribution in [3.05, 3.63) is 90.0 Å². The molecule has 0 aliphatic rings. The third kappa shape index (κ3) is 7.32. The van der Waals surface area contributed by atoms with Crippen LogP contribution in [-0.4, -0.2) is 50.9 Å². The minimum atomic E-state index is -4.36. The molecule has 8 nitrogen and oxygen atoms in total. The van der Waals surface area contributed by atoms with E-state index in [2.05, 4.69) is 5.32 Å². The predicted molar refractivity (Wildman–Crippen MR) is 144 cm³/mol. The second kappa shape index (κ2) is 13.2. The van der Waals surface area contributed by atoms with Crippen LogP contribution in [0.15, 0.2) is 77.7 Å². The molecule has 2 amide bonds. The lowest BCUT2D eigenvalue weighted by atomic mass is 10.1. The van der Waals surface area contributed by atoms with Crippen LogP contribution < -0.4 is 14.4 Å². The van der Waals surface area contributed by atoms with Crippen LogP contribution in [0.3, 0.4) is 0 Å². The topological polar surface area (TPSA) is 96.0 Å². The monoisotopic (exact) mass is 559 g/mol. The van der Waals surface area contributed by atoms with Gasteiger partial charge in [-0.3, -0.25) is 13.9 Å². The summed E-state index contributed by atoms with van der Waals surface area (Å²) >= 11 is 0. The van der Waals surface area contributed by atoms with Crippen molar-refractivity contribution in [1.29, 1.82) is 0 Å². The van der Waals surface area contributed by atoms with Gasteiger partial charge in [0, 0.05) is 18.7 Å². The molecule has 0 aliphatic heterocycles. The Kier molecular flexibility index (Phi) is 10.00. The van der Waals surface area contributed by atoms with E-state index in [4.69, 9.17) is 4.74 Å². The molecule has 11 heteroatoms. The van der Waals surface area contributed by atoms with Gasteiger partial charge in [-0.1, -0.05) is 18.2 Å². The Labute approximate surface area is 227 Å². The van der Waals surface area contributed by atoms with Crippen molar-refractivity contribution in [2.45, 2.75) is 38.3 Å². The van der Waals surface area contributed by atoms with Crippen molar-refractivity contribution in [2.75, 3.05) is 24.0 Å². The van der Waals surface area contributed by atoms with Crippen LogP contribution in [0.5, 0.6) is 5.75 Å². The lowest BCUT2D eigenvalue weighted by Crippen LogP contribution is -2.51. The molecule has 3 aromatic rings. The Hall–Kier alpha value is -3.99. The second-order valence-corrected chi connectivity index (χ2v) is 10.4. The molecule has 0 fully saturated rings. The summed E-state index contributed by atoms with van der Waals surface area (Å²) in [6.07, 6.45) is 0. The number of nitrogens with one attached hydrogen (secondary N) is 1. The van der Waals surface area contributed by atoms with Gasteiger partial charge in [-0.05, 0) is 75.4 Å². The molecule has 0 aliphatic carbocycles. The van der Waals surface area contributed by atoms with Crippen LogP contribution in [0.4, 0.5) is 14.5 Å². The van der Waals surface area contributed by atoms with Gasteiger partial charge in [-0.25, -0.2) is 17.2 Å². The van der Waals surface area contributed by atoms with Gasteiger partial charge in [0.1, 0.15) is 30.0 Å². The van der Waals surface area contributed by atoms with Gasteiger partial charge in [-0.15, -0.1) is 0 Å². The first kappa shape index (κ1) is 29.6. The summed E-state index contributed by atoms with van der Waals surface area (Å²) in [6, 6.07) is 15.1. The maximum absolute atomic E-state index is 14.5. The molecular weight excluding hydrogens is 528 g/mol. The van der Waals surface area contributed by atoms with E-state index in [1.54, 1.807) is 32.0 Å². The van der Waals surface area contributed by atoms with Crippen LogP contribution >= 0.6 is 0 Å². The van der Waals surface area contributed by atoms with Gasteiger partial charge in [0.25, 0.3) is 10.0 Å². The SMILES string of the molecule is CCNC(=O)C(C)N(Cc1ccccc1F)C(=O)CN(c1ccc(OCC)cc1)S(=O)(=O)c1ccc(F)cc1. The number of benzene rings is 3. The largest absolute Gasteiger partial charge is 0.494 e. The first-order valence-electron chi connectivity index (χ1n) is 12.4. The highest BCUT2D eigenvalue weighted by Crippen LogP contribution is 2.27. The molecule has 0 spiro atoms. The molecular formula is C28H31F2N3O5S. The smallest absolute Gasteiger partial charge is 0.264 e. The van der Waals surface area contributed by atoms with Gasteiger partial charge in [0.2, 0.25) is 11.8 Å². The Bertz CT molecular complexity index is 1380. The summed E-state index contributed by atoms with van der Waals surface area (Å²) in [5.74, 6) is -1.91. The third-order valence-electron chi connectivity index (χ3n) is 5.93. The fourth-order valence-corrected chi connectivity index (χ4v) is 5.27. The van der Waals surface area contributed by atoms with Crippen molar-refractivity contribution < 1.29 is 31.5 Å². The number of halogens is 2. The first-order valence-corrected chi connectivity index (χ1v) is 13.8. The average molecular weight is 560 g/mol. The molecule has 1 atom stereocenters. The number of carbonyl (C=O) groups excluding carboxylic acids is 2. The molecule has 0 radical (unpaired) electrons.